The highest BCUT2D eigenvalue weighted by atomic mass is 16.5. The van der Waals surface area contributed by atoms with Gasteiger partial charge < -0.3 is 19.3 Å². The second kappa shape index (κ2) is 7.21. The van der Waals surface area contributed by atoms with E-state index in [-0.39, 0.29) is 5.91 Å². The summed E-state index contributed by atoms with van der Waals surface area (Å²) in [6.07, 6.45) is 0. The molecule has 1 amide bonds. The molecule has 0 saturated heterocycles. The van der Waals surface area contributed by atoms with Gasteiger partial charge in [-0.15, -0.1) is 0 Å². The fourth-order valence-electron chi connectivity index (χ4n) is 2.52. The standard InChI is InChI=1S/C18H19N3O4/c1-11-9-15(16-12(2)21-25-18(16)20-11)17(22)19-7-8-24-14-6-4-5-13(10-14)23-3/h4-6,9-10H,7-8H2,1-3H3,(H,19,22). The average molecular weight is 341 g/mol. The maximum absolute atomic E-state index is 12.5. The topological polar surface area (TPSA) is 86.5 Å². The van der Waals surface area contributed by atoms with Crippen LogP contribution in [0.3, 0.4) is 0 Å². The molecule has 0 radical (unpaired) electrons. The molecule has 2 heterocycles. The van der Waals surface area contributed by atoms with Gasteiger partial charge in [-0.25, -0.2) is 4.98 Å². The van der Waals surface area contributed by atoms with Crippen LogP contribution in [0.1, 0.15) is 21.7 Å². The monoisotopic (exact) mass is 341 g/mol. The largest absolute Gasteiger partial charge is 0.497 e. The molecule has 0 aliphatic rings. The van der Waals surface area contributed by atoms with E-state index in [0.29, 0.717) is 47.0 Å². The van der Waals surface area contributed by atoms with Gasteiger partial charge in [-0.3, -0.25) is 4.79 Å². The third-order valence-electron chi connectivity index (χ3n) is 3.69. The molecule has 0 unspecified atom stereocenters. The minimum Gasteiger partial charge on any atom is -0.497 e. The molecule has 7 nitrogen and oxygen atoms in total. The summed E-state index contributed by atoms with van der Waals surface area (Å²) in [5.74, 6) is 1.20. The van der Waals surface area contributed by atoms with E-state index in [1.165, 1.54) is 0 Å². The summed E-state index contributed by atoms with van der Waals surface area (Å²) < 4.78 is 15.9. The Labute approximate surface area is 144 Å². The van der Waals surface area contributed by atoms with Crippen LogP contribution in [0.15, 0.2) is 34.9 Å². The smallest absolute Gasteiger partial charge is 0.258 e. The molecule has 0 saturated carbocycles. The SMILES string of the molecule is COc1cccc(OCCNC(=O)c2cc(C)nc3onc(C)c23)c1. The number of rotatable bonds is 6. The lowest BCUT2D eigenvalue weighted by Gasteiger charge is -2.09. The Kier molecular flexibility index (Phi) is 4.83. The van der Waals surface area contributed by atoms with Crippen LogP contribution in [-0.2, 0) is 0 Å². The van der Waals surface area contributed by atoms with Crippen LogP contribution in [0, 0.1) is 13.8 Å². The first-order valence-electron chi connectivity index (χ1n) is 7.87. The van der Waals surface area contributed by atoms with Crippen molar-refractivity contribution in [3.05, 3.63) is 47.3 Å². The average Bonchev–Trinajstić information content (AvgIpc) is 2.98. The molecule has 7 heteroatoms. The van der Waals surface area contributed by atoms with Crippen molar-refractivity contribution in [3.63, 3.8) is 0 Å². The van der Waals surface area contributed by atoms with Crippen LogP contribution in [0.5, 0.6) is 11.5 Å². The number of nitrogens with zero attached hydrogens (tertiary/aromatic N) is 2. The normalized spacial score (nSPS) is 10.7. The Morgan fingerprint density at radius 3 is 2.84 bits per heavy atom. The summed E-state index contributed by atoms with van der Waals surface area (Å²) >= 11 is 0. The molecule has 0 atom stereocenters. The van der Waals surface area contributed by atoms with E-state index in [1.54, 1.807) is 33.1 Å². The van der Waals surface area contributed by atoms with Crippen molar-refractivity contribution in [2.24, 2.45) is 0 Å². The molecule has 3 rings (SSSR count). The zero-order chi connectivity index (χ0) is 17.8. The van der Waals surface area contributed by atoms with Crippen LogP contribution >= 0.6 is 0 Å². The van der Waals surface area contributed by atoms with E-state index in [4.69, 9.17) is 14.0 Å². The van der Waals surface area contributed by atoms with Gasteiger partial charge in [-0.2, -0.15) is 0 Å². The Hall–Kier alpha value is -3.09. The number of carbonyl (C=O) groups excluding carboxylic acids is 1. The quantitative estimate of drug-likeness (QED) is 0.694. The van der Waals surface area contributed by atoms with Gasteiger partial charge in [0, 0.05) is 11.8 Å². The molecule has 0 aliphatic heterocycles. The van der Waals surface area contributed by atoms with Gasteiger partial charge in [0.25, 0.3) is 11.6 Å². The van der Waals surface area contributed by atoms with Crippen LogP contribution in [0.2, 0.25) is 0 Å². The van der Waals surface area contributed by atoms with Crippen molar-refractivity contribution in [3.8, 4) is 11.5 Å². The Balaban J connectivity index is 1.62. The molecule has 3 aromatic rings. The molecular formula is C18H19N3O4. The van der Waals surface area contributed by atoms with E-state index < -0.39 is 0 Å². The second-order valence-electron chi connectivity index (χ2n) is 5.54. The number of hydrogen-bond donors (Lipinski definition) is 1. The fraction of sp³-hybridized carbons (Fsp3) is 0.278. The van der Waals surface area contributed by atoms with Crippen LogP contribution in [0.25, 0.3) is 11.1 Å². The minimum atomic E-state index is -0.212. The van der Waals surface area contributed by atoms with E-state index in [0.717, 1.165) is 5.75 Å². The van der Waals surface area contributed by atoms with Crippen LogP contribution in [0.4, 0.5) is 0 Å². The summed E-state index contributed by atoms with van der Waals surface area (Å²) in [5, 5.41) is 7.36. The molecule has 130 valence electrons. The van der Waals surface area contributed by atoms with Gasteiger partial charge in [-0.1, -0.05) is 11.2 Å². The van der Waals surface area contributed by atoms with Crippen LogP contribution < -0.4 is 14.8 Å². The minimum absolute atomic E-state index is 0.212. The maximum Gasteiger partial charge on any atom is 0.258 e. The summed E-state index contributed by atoms with van der Waals surface area (Å²) in [5.41, 5.74) is 2.21. The lowest BCUT2D eigenvalue weighted by Crippen LogP contribution is -2.28. The number of amides is 1. The number of hydrogen-bond acceptors (Lipinski definition) is 6. The number of pyridine rings is 1. The van der Waals surface area contributed by atoms with Gasteiger partial charge in [0.2, 0.25) is 0 Å². The predicted molar refractivity (Wildman–Crippen MR) is 92.1 cm³/mol. The number of methoxy groups -OCH3 is 1. The first-order valence-corrected chi connectivity index (χ1v) is 7.87. The Morgan fingerprint density at radius 1 is 1.24 bits per heavy atom. The van der Waals surface area contributed by atoms with Gasteiger partial charge >= 0.3 is 0 Å². The third kappa shape index (κ3) is 3.71. The van der Waals surface area contributed by atoms with E-state index in [2.05, 4.69) is 15.5 Å². The summed E-state index contributed by atoms with van der Waals surface area (Å²) in [7, 11) is 1.60. The van der Waals surface area contributed by atoms with Crippen molar-refractivity contribution < 1.29 is 18.8 Å². The highest BCUT2D eigenvalue weighted by Crippen LogP contribution is 2.22. The van der Waals surface area contributed by atoms with E-state index in [1.807, 2.05) is 18.2 Å². The first kappa shape index (κ1) is 16.8. The first-order chi connectivity index (χ1) is 12.1. The highest BCUT2D eigenvalue weighted by molar-refractivity contribution is 6.06. The Morgan fingerprint density at radius 2 is 2.04 bits per heavy atom. The van der Waals surface area contributed by atoms with Gasteiger partial charge in [0.05, 0.1) is 30.3 Å². The maximum atomic E-state index is 12.5. The van der Waals surface area contributed by atoms with Crippen LogP contribution in [-0.4, -0.2) is 36.3 Å². The highest BCUT2D eigenvalue weighted by Gasteiger charge is 2.17. The molecular weight excluding hydrogens is 322 g/mol. The third-order valence-corrected chi connectivity index (χ3v) is 3.69. The van der Waals surface area contributed by atoms with E-state index >= 15 is 0 Å². The predicted octanol–water partition coefficient (Wildman–Crippen LogP) is 2.66. The van der Waals surface area contributed by atoms with E-state index in [9.17, 15) is 4.79 Å². The number of nitrogens with one attached hydrogen (secondary N) is 1. The molecule has 0 aliphatic carbocycles. The number of carbonyl (C=O) groups is 1. The molecule has 0 fully saturated rings. The number of benzene rings is 1. The van der Waals surface area contributed by atoms with Crippen molar-refractivity contribution in [1.82, 2.24) is 15.5 Å². The van der Waals surface area contributed by atoms with Gasteiger partial charge in [0.1, 0.15) is 18.1 Å². The fourth-order valence-corrected chi connectivity index (χ4v) is 2.52. The number of aryl methyl sites for hydroxylation is 2. The molecule has 1 N–H and O–H groups in total. The molecule has 2 aromatic heterocycles. The van der Waals surface area contributed by atoms with Crippen molar-refractivity contribution in [2.75, 3.05) is 20.3 Å². The molecule has 0 spiro atoms. The van der Waals surface area contributed by atoms with Crippen molar-refractivity contribution in [1.29, 1.82) is 0 Å². The Bertz CT molecular complexity index is 904. The summed E-state index contributed by atoms with van der Waals surface area (Å²) in [6.45, 7) is 4.30. The molecule has 25 heavy (non-hydrogen) atoms. The lowest BCUT2D eigenvalue weighted by atomic mass is 10.1. The summed E-state index contributed by atoms with van der Waals surface area (Å²) in [6, 6.07) is 9.04. The number of aromatic nitrogens is 2. The van der Waals surface area contributed by atoms with Crippen molar-refractivity contribution in [2.45, 2.75) is 13.8 Å². The molecule has 0 bridgehead atoms. The molecule has 1 aromatic carbocycles. The van der Waals surface area contributed by atoms with Gasteiger partial charge in [0.15, 0.2) is 0 Å². The second-order valence-corrected chi connectivity index (χ2v) is 5.54. The van der Waals surface area contributed by atoms with Crippen molar-refractivity contribution >= 4 is 17.0 Å². The zero-order valence-electron chi connectivity index (χ0n) is 14.3. The number of ether oxygens (including phenoxy) is 2. The summed E-state index contributed by atoms with van der Waals surface area (Å²) in [4.78, 5) is 16.7. The van der Waals surface area contributed by atoms with Gasteiger partial charge in [-0.05, 0) is 32.0 Å². The number of fused-ring (bicyclic) bond motifs is 1. The zero-order valence-corrected chi connectivity index (χ0v) is 14.3. The lowest BCUT2D eigenvalue weighted by molar-refractivity contribution is 0.0948.